The summed E-state index contributed by atoms with van der Waals surface area (Å²) < 4.78 is 0. The van der Waals surface area contributed by atoms with Gasteiger partial charge in [-0.1, -0.05) is 38.1 Å². The lowest BCUT2D eigenvalue weighted by molar-refractivity contribution is -0.130. The van der Waals surface area contributed by atoms with Crippen molar-refractivity contribution < 1.29 is 4.79 Å². The minimum Gasteiger partial charge on any atom is -0.284 e. The number of hydrazine groups is 1. The number of hydrogen-bond acceptors (Lipinski definition) is 2. The van der Waals surface area contributed by atoms with Crippen molar-refractivity contribution in [2.75, 3.05) is 7.05 Å². The fourth-order valence-corrected chi connectivity index (χ4v) is 1.74. The summed E-state index contributed by atoms with van der Waals surface area (Å²) in [6.45, 7) is 4.42. The standard InChI is InChI=1S/C14H22N2O/c1-11(2)10-13-6-4-12(5-7-13)8-9-14(17)16(3)15/h4-7,11H,8-10,15H2,1-3H3. The SMILES string of the molecule is CC(C)Cc1ccc(CCC(=O)N(C)N)cc1. The molecule has 0 spiro atoms. The molecule has 2 N–H and O–H groups in total. The Bertz CT molecular complexity index is 355. The molecule has 1 aromatic rings. The van der Waals surface area contributed by atoms with Crippen LogP contribution in [-0.2, 0) is 17.6 Å². The Morgan fingerprint density at radius 3 is 2.24 bits per heavy atom. The summed E-state index contributed by atoms with van der Waals surface area (Å²) in [6, 6.07) is 8.49. The monoisotopic (exact) mass is 234 g/mol. The van der Waals surface area contributed by atoms with Crippen LogP contribution in [0.3, 0.4) is 0 Å². The van der Waals surface area contributed by atoms with E-state index in [9.17, 15) is 4.79 Å². The van der Waals surface area contributed by atoms with Crippen molar-refractivity contribution in [1.29, 1.82) is 0 Å². The highest BCUT2D eigenvalue weighted by atomic mass is 16.2. The summed E-state index contributed by atoms with van der Waals surface area (Å²) in [6.07, 6.45) is 2.32. The van der Waals surface area contributed by atoms with Crippen LogP contribution < -0.4 is 5.84 Å². The molecule has 0 unspecified atom stereocenters. The summed E-state index contributed by atoms with van der Waals surface area (Å²) in [5.41, 5.74) is 2.54. The van der Waals surface area contributed by atoms with E-state index in [0.717, 1.165) is 17.9 Å². The van der Waals surface area contributed by atoms with Gasteiger partial charge in [-0.25, -0.2) is 5.84 Å². The predicted molar refractivity (Wildman–Crippen MR) is 70.3 cm³/mol. The molecule has 3 heteroatoms. The average molecular weight is 234 g/mol. The first-order valence-corrected chi connectivity index (χ1v) is 6.08. The molecule has 0 aliphatic rings. The lowest BCUT2D eigenvalue weighted by atomic mass is 10.0. The van der Waals surface area contributed by atoms with Crippen LogP contribution >= 0.6 is 0 Å². The van der Waals surface area contributed by atoms with Crippen molar-refractivity contribution in [2.24, 2.45) is 11.8 Å². The van der Waals surface area contributed by atoms with Crippen LogP contribution in [0, 0.1) is 5.92 Å². The highest BCUT2D eigenvalue weighted by Crippen LogP contribution is 2.11. The third-order valence-electron chi connectivity index (χ3n) is 2.69. The number of hydrogen-bond donors (Lipinski definition) is 1. The van der Waals surface area contributed by atoms with Crippen LogP contribution in [-0.4, -0.2) is 18.0 Å². The Labute approximate surface area is 104 Å². The predicted octanol–water partition coefficient (Wildman–Crippen LogP) is 2.15. The fraction of sp³-hybridized carbons (Fsp3) is 0.500. The van der Waals surface area contributed by atoms with E-state index in [1.54, 1.807) is 7.05 Å². The van der Waals surface area contributed by atoms with Gasteiger partial charge in [-0.3, -0.25) is 9.80 Å². The van der Waals surface area contributed by atoms with Crippen molar-refractivity contribution in [1.82, 2.24) is 5.01 Å². The molecule has 0 heterocycles. The molecule has 0 atom stereocenters. The zero-order chi connectivity index (χ0) is 12.8. The molecule has 1 aromatic carbocycles. The first-order valence-electron chi connectivity index (χ1n) is 6.08. The maximum Gasteiger partial charge on any atom is 0.236 e. The molecular weight excluding hydrogens is 212 g/mol. The van der Waals surface area contributed by atoms with Gasteiger partial charge in [0.1, 0.15) is 0 Å². The second-order valence-electron chi connectivity index (χ2n) is 4.92. The van der Waals surface area contributed by atoms with Crippen LogP contribution in [0.25, 0.3) is 0 Å². The summed E-state index contributed by atoms with van der Waals surface area (Å²) in [5, 5.41) is 1.15. The minimum atomic E-state index is -0.0312. The number of benzene rings is 1. The molecule has 0 aliphatic carbocycles. The van der Waals surface area contributed by atoms with E-state index in [1.165, 1.54) is 11.1 Å². The van der Waals surface area contributed by atoms with Gasteiger partial charge in [-0.15, -0.1) is 0 Å². The molecule has 0 saturated carbocycles. The van der Waals surface area contributed by atoms with Gasteiger partial charge in [-0.05, 0) is 29.9 Å². The van der Waals surface area contributed by atoms with E-state index in [0.29, 0.717) is 12.3 Å². The molecule has 0 bridgehead atoms. The zero-order valence-corrected chi connectivity index (χ0v) is 10.9. The van der Waals surface area contributed by atoms with Gasteiger partial charge in [0.2, 0.25) is 5.91 Å². The van der Waals surface area contributed by atoms with Crippen molar-refractivity contribution in [3.8, 4) is 0 Å². The molecule has 0 aromatic heterocycles. The Morgan fingerprint density at radius 1 is 1.24 bits per heavy atom. The van der Waals surface area contributed by atoms with Crippen LogP contribution in [0.15, 0.2) is 24.3 Å². The second kappa shape index (κ2) is 6.40. The third-order valence-corrected chi connectivity index (χ3v) is 2.69. The number of nitrogens with two attached hydrogens (primary N) is 1. The first kappa shape index (κ1) is 13.7. The van der Waals surface area contributed by atoms with Gasteiger partial charge >= 0.3 is 0 Å². The lowest BCUT2D eigenvalue weighted by Crippen LogP contribution is -2.33. The molecule has 3 nitrogen and oxygen atoms in total. The van der Waals surface area contributed by atoms with Gasteiger partial charge in [-0.2, -0.15) is 0 Å². The maximum atomic E-state index is 11.3. The van der Waals surface area contributed by atoms with E-state index in [2.05, 4.69) is 38.1 Å². The quantitative estimate of drug-likeness (QED) is 0.482. The van der Waals surface area contributed by atoms with Gasteiger partial charge in [0.25, 0.3) is 0 Å². The van der Waals surface area contributed by atoms with Crippen molar-refractivity contribution in [2.45, 2.75) is 33.1 Å². The van der Waals surface area contributed by atoms with Crippen LogP contribution in [0.2, 0.25) is 0 Å². The van der Waals surface area contributed by atoms with Gasteiger partial charge in [0.15, 0.2) is 0 Å². The fourth-order valence-electron chi connectivity index (χ4n) is 1.74. The van der Waals surface area contributed by atoms with E-state index < -0.39 is 0 Å². The summed E-state index contributed by atoms with van der Waals surface area (Å²) in [5.74, 6) is 6.01. The number of rotatable bonds is 5. The molecule has 0 fully saturated rings. The molecule has 0 radical (unpaired) electrons. The maximum absolute atomic E-state index is 11.3. The summed E-state index contributed by atoms with van der Waals surface area (Å²) in [4.78, 5) is 11.3. The molecule has 1 amide bonds. The van der Waals surface area contributed by atoms with E-state index in [4.69, 9.17) is 5.84 Å². The van der Waals surface area contributed by atoms with E-state index in [-0.39, 0.29) is 5.91 Å². The van der Waals surface area contributed by atoms with E-state index >= 15 is 0 Å². The third kappa shape index (κ3) is 5.00. The molecule has 17 heavy (non-hydrogen) atoms. The minimum absolute atomic E-state index is 0.0312. The Morgan fingerprint density at radius 2 is 1.76 bits per heavy atom. The number of nitrogens with zero attached hydrogens (tertiary/aromatic N) is 1. The number of amides is 1. The number of carbonyl (C=O) groups excluding carboxylic acids is 1. The van der Waals surface area contributed by atoms with Crippen molar-refractivity contribution in [3.63, 3.8) is 0 Å². The van der Waals surface area contributed by atoms with Crippen molar-refractivity contribution in [3.05, 3.63) is 35.4 Å². The Kier molecular flexibility index (Phi) is 5.16. The largest absolute Gasteiger partial charge is 0.284 e. The smallest absolute Gasteiger partial charge is 0.236 e. The second-order valence-corrected chi connectivity index (χ2v) is 4.92. The molecule has 0 saturated heterocycles. The highest BCUT2D eigenvalue weighted by Gasteiger charge is 2.05. The zero-order valence-electron chi connectivity index (χ0n) is 10.9. The average Bonchev–Trinajstić information content (AvgIpc) is 2.26. The van der Waals surface area contributed by atoms with Crippen LogP contribution in [0.1, 0.15) is 31.4 Å². The Hall–Kier alpha value is -1.35. The normalized spacial score (nSPS) is 10.6. The summed E-state index contributed by atoms with van der Waals surface area (Å²) in [7, 11) is 1.58. The molecular formula is C14H22N2O. The van der Waals surface area contributed by atoms with Crippen molar-refractivity contribution >= 4 is 5.91 Å². The molecule has 0 aliphatic heterocycles. The van der Waals surface area contributed by atoms with Gasteiger partial charge in [0, 0.05) is 13.5 Å². The Balaban J connectivity index is 2.48. The van der Waals surface area contributed by atoms with Crippen LogP contribution in [0.4, 0.5) is 0 Å². The lowest BCUT2D eigenvalue weighted by Gasteiger charge is -2.10. The molecule has 1 rings (SSSR count). The molecule has 94 valence electrons. The highest BCUT2D eigenvalue weighted by molar-refractivity contribution is 5.75. The van der Waals surface area contributed by atoms with Crippen LogP contribution in [0.5, 0.6) is 0 Å². The topological polar surface area (TPSA) is 46.3 Å². The number of carbonyl (C=O) groups is 1. The van der Waals surface area contributed by atoms with Gasteiger partial charge < -0.3 is 0 Å². The summed E-state index contributed by atoms with van der Waals surface area (Å²) >= 11 is 0. The van der Waals surface area contributed by atoms with E-state index in [1.807, 2.05) is 0 Å². The van der Waals surface area contributed by atoms with Gasteiger partial charge in [0.05, 0.1) is 0 Å². The number of aryl methyl sites for hydroxylation is 1. The first-order chi connectivity index (χ1) is 7.99.